The van der Waals surface area contributed by atoms with Crippen molar-refractivity contribution in [3.8, 4) is 17.4 Å². The summed E-state index contributed by atoms with van der Waals surface area (Å²) in [5.41, 5.74) is 9.44. The molecule has 0 unspecified atom stereocenters. The van der Waals surface area contributed by atoms with Crippen LogP contribution in [0.2, 0.25) is 0 Å². The molecule has 0 atom stereocenters. The molecule has 0 fully saturated rings. The highest BCUT2D eigenvalue weighted by molar-refractivity contribution is 6.29. The van der Waals surface area contributed by atoms with E-state index in [0.717, 1.165) is 82.5 Å². The SMILES string of the molecule is [C-]#[N+]c1cc(C(C)(C)C)c(-n2c3ccccc3c3c4oc5c(ccc6c5c5ccccc5n6-c5ccccc5)c4ccc32)cc1C#N. The maximum atomic E-state index is 10.0. The number of hydrogen-bond donors (Lipinski definition) is 0. The molecule has 0 spiro atoms. The van der Waals surface area contributed by atoms with Crippen molar-refractivity contribution < 1.29 is 4.42 Å². The van der Waals surface area contributed by atoms with Gasteiger partial charge in [-0.3, -0.25) is 0 Å². The number of nitriles is 1. The second-order valence-electron chi connectivity index (χ2n) is 13.2. The third-order valence-corrected chi connectivity index (χ3v) is 9.49. The predicted octanol–water partition coefficient (Wildman–Crippen LogP) is 11.5. The average Bonchev–Trinajstić information content (AvgIpc) is 3.75. The summed E-state index contributed by atoms with van der Waals surface area (Å²) in [7, 11) is 0. The molecule has 0 saturated carbocycles. The number of fused-ring (bicyclic) bond motifs is 11. The van der Waals surface area contributed by atoms with Gasteiger partial charge in [-0.1, -0.05) is 75.4 Å². The van der Waals surface area contributed by atoms with Crippen LogP contribution < -0.4 is 0 Å². The van der Waals surface area contributed by atoms with Gasteiger partial charge in [-0.2, -0.15) is 5.26 Å². The van der Waals surface area contributed by atoms with E-state index >= 15 is 0 Å². The van der Waals surface area contributed by atoms with Crippen LogP contribution in [0.3, 0.4) is 0 Å². The fourth-order valence-corrected chi connectivity index (χ4v) is 7.46. The van der Waals surface area contributed by atoms with Crippen LogP contribution in [0.4, 0.5) is 5.69 Å². The van der Waals surface area contributed by atoms with E-state index in [-0.39, 0.29) is 5.41 Å². The summed E-state index contributed by atoms with van der Waals surface area (Å²) in [4.78, 5) is 3.70. The lowest BCUT2D eigenvalue weighted by Gasteiger charge is -2.25. The second kappa shape index (κ2) is 9.60. The molecule has 0 amide bonds. The number of benzene rings is 6. The molecule has 47 heavy (non-hydrogen) atoms. The first-order chi connectivity index (χ1) is 22.9. The first-order valence-corrected chi connectivity index (χ1v) is 15.7. The molecular formula is C42H28N4O. The Morgan fingerprint density at radius 1 is 0.638 bits per heavy atom. The zero-order valence-corrected chi connectivity index (χ0v) is 26.2. The molecule has 3 aromatic heterocycles. The molecule has 5 nitrogen and oxygen atoms in total. The largest absolute Gasteiger partial charge is 0.455 e. The zero-order chi connectivity index (χ0) is 32.0. The summed E-state index contributed by atoms with van der Waals surface area (Å²) in [6, 6.07) is 42.1. The number of hydrogen-bond acceptors (Lipinski definition) is 2. The number of nitrogens with zero attached hydrogens (tertiary/aromatic N) is 4. The summed E-state index contributed by atoms with van der Waals surface area (Å²) in [6.45, 7) is 14.2. The summed E-state index contributed by atoms with van der Waals surface area (Å²) in [5, 5.41) is 16.5. The van der Waals surface area contributed by atoms with E-state index in [1.54, 1.807) is 0 Å². The summed E-state index contributed by atoms with van der Waals surface area (Å²) >= 11 is 0. The van der Waals surface area contributed by atoms with Crippen molar-refractivity contribution in [2.24, 2.45) is 0 Å². The molecule has 3 heterocycles. The first kappa shape index (κ1) is 27.0. The van der Waals surface area contributed by atoms with E-state index in [9.17, 15) is 5.26 Å². The van der Waals surface area contributed by atoms with Gasteiger partial charge in [0.1, 0.15) is 11.2 Å². The minimum atomic E-state index is -0.275. The molecule has 5 heteroatoms. The fraction of sp³-hybridized carbons (Fsp3) is 0.0952. The molecule has 0 N–H and O–H groups in total. The molecule has 0 aliphatic carbocycles. The normalized spacial score (nSPS) is 12.1. The van der Waals surface area contributed by atoms with E-state index < -0.39 is 0 Å². The lowest BCUT2D eigenvalue weighted by atomic mass is 9.84. The predicted molar refractivity (Wildman–Crippen MR) is 192 cm³/mol. The Kier molecular flexibility index (Phi) is 5.52. The van der Waals surface area contributed by atoms with Crippen molar-refractivity contribution in [3.63, 3.8) is 0 Å². The Morgan fingerprint density at radius 3 is 1.77 bits per heavy atom. The highest BCUT2D eigenvalue weighted by Crippen LogP contribution is 2.46. The number of para-hydroxylation sites is 3. The fourth-order valence-electron chi connectivity index (χ4n) is 7.46. The van der Waals surface area contributed by atoms with Gasteiger partial charge in [-0.15, -0.1) is 0 Å². The van der Waals surface area contributed by atoms with Gasteiger partial charge in [0.25, 0.3) is 0 Å². The standard InChI is InChI=1S/C42H28N4O/c1-42(2,3)31-23-32(44-4)25(24-43)22-37(31)46-34-17-11-9-15-30(34)39-36(46)21-19-28-27-18-20-35-38(40(27)47-41(28)39)29-14-8-10-16-33(29)45(35)26-12-6-5-7-13-26/h5-23H,1-3H3. The molecule has 9 aromatic rings. The summed E-state index contributed by atoms with van der Waals surface area (Å²) in [6.07, 6.45) is 0. The molecule has 0 aliphatic heterocycles. The maximum absolute atomic E-state index is 10.0. The third-order valence-electron chi connectivity index (χ3n) is 9.49. The number of rotatable bonds is 2. The lowest BCUT2D eigenvalue weighted by Crippen LogP contribution is -2.15. The van der Waals surface area contributed by atoms with Gasteiger partial charge in [-0.25, -0.2) is 4.85 Å². The van der Waals surface area contributed by atoms with E-state index in [2.05, 4.69) is 132 Å². The van der Waals surface area contributed by atoms with Gasteiger partial charge < -0.3 is 13.6 Å². The van der Waals surface area contributed by atoms with E-state index in [0.29, 0.717) is 11.3 Å². The Morgan fingerprint density at radius 2 is 1.19 bits per heavy atom. The van der Waals surface area contributed by atoms with Crippen LogP contribution in [0.1, 0.15) is 31.9 Å². The van der Waals surface area contributed by atoms with Crippen molar-refractivity contribution in [1.29, 1.82) is 5.26 Å². The van der Waals surface area contributed by atoms with E-state index in [1.165, 1.54) is 0 Å². The number of aromatic nitrogens is 2. The average molecular weight is 605 g/mol. The van der Waals surface area contributed by atoms with Crippen LogP contribution in [-0.2, 0) is 5.41 Å². The molecular weight excluding hydrogens is 576 g/mol. The Balaban J connectivity index is 1.43. The van der Waals surface area contributed by atoms with Gasteiger partial charge in [-0.05, 0) is 71.6 Å². The quantitative estimate of drug-likeness (QED) is 0.184. The highest BCUT2D eigenvalue weighted by Gasteiger charge is 2.26. The topological polar surface area (TPSA) is 51.1 Å². The maximum Gasteiger partial charge on any atom is 0.205 e. The summed E-state index contributed by atoms with van der Waals surface area (Å²) < 4.78 is 11.6. The van der Waals surface area contributed by atoms with Crippen molar-refractivity contribution in [3.05, 3.63) is 138 Å². The molecule has 0 saturated heterocycles. The second-order valence-corrected chi connectivity index (χ2v) is 13.2. The van der Waals surface area contributed by atoms with Crippen LogP contribution in [-0.4, -0.2) is 9.13 Å². The van der Waals surface area contributed by atoms with Crippen LogP contribution in [0.25, 0.3) is 81.8 Å². The number of furan rings is 1. The van der Waals surface area contributed by atoms with E-state index in [4.69, 9.17) is 11.0 Å². The highest BCUT2D eigenvalue weighted by atomic mass is 16.3. The van der Waals surface area contributed by atoms with Crippen LogP contribution in [0.5, 0.6) is 0 Å². The van der Waals surface area contributed by atoms with Crippen molar-refractivity contribution in [2.45, 2.75) is 26.2 Å². The lowest BCUT2D eigenvalue weighted by molar-refractivity contribution is 0.588. The molecule has 9 rings (SSSR count). The molecule has 222 valence electrons. The molecule has 0 radical (unpaired) electrons. The Bertz CT molecular complexity index is 2840. The van der Waals surface area contributed by atoms with Gasteiger partial charge in [0.2, 0.25) is 5.69 Å². The first-order valence-electron chi connectivity index (χ1n) is 15.7. The van der Waals surface area contributed by atoms with E-state index in [1.807, 2.05) is 24.3 Å². The molecule has 6 aromatic carbocycles. The Hall–Kier alpha value is -6.30. The van der Waals surface area contributed by atoms with Gasteiger partial charge in [0, 0.05) is 32.9 Å². The van der Waals surface area contributed by atoms with Crippen molar-refractivity contribution in [1.82, 2.24) is 9.13 Å². The minimum Gasteiger partial charge on any atom is -0.455 e. The molecule has 0 bridgehead atoms. The third kappa shape index (κ3) is 3.69. The van der Waals surface area contributed by atoms with Crippen molar-refractivity contribution >= 4 is 71.2 Å². The monoisotopic (exact) mass is 604 g/mol. The van der Waals surface area contributed by atoms with Crippen LogP contribution in [0.15, 0.2) is 120 Å². The molecule has 0 aliphatic rings. The smallest absolute Gasteiger partial charge is 0.205 e. The zero-order valence-electron chi connectivity index (χ0n) is 26.2. The van der Waals surface area contributed by atoms with Crippen LogP contribution in [0, 0.1) is 17.9 Å². The minimum absolute atomic E-state index is 0.275. The van der Waals surface area contributed by atoms with Crippen molar-refractivity contribution in [2.75, 3.05) is 0 Å². The Labute approximate surface area is 270 Å². The van der Waals surface area contributed by atoms with Gasteiger partial charge in [0.05, 0.1) is 51.0 Å². The van der Waals surface area contributed by atoms with Gasteiger partial charge in [0.15, 0.2) is 0 Å². The summed E-state index contributed by atoms with van der Waals surface area (Å²) in [5.74, 6) is 0. The van der Waals surface area contributed by atoms with Gasteiger partial charge >= 0.3 is 0 Å². The van der Waals surface area contributed by atoms with Crippen LogP contribution >= 0.6 is 0 Å².